The van der Waals surface area contributed by atoms with Crippen molar-refractivity contribution < 1.29 is 0 Å². The minimum atomic E-state index is 0.433. The lowest BCUT2D eigenvalue weighted by Crippen LogP contribution is -2.39. The first-order valence-corrected chi connectivity index (χ1v) is 7.92. The monoisotopic (exact) mass is 275 g/mol. The molecule has 0 unspecified atom stereocenters. The molecule has 1 saturated heterocycles. The first-order valence-electron chi connectivity index (χ1n) is 7.92. The number of rotatable bonds is 4. The number of aromatic nitrogens is 1. The van der Waals surface area contributed by atoms with Crippen molar-refractivity contribution in [2.24, 2.45) is 11.3 Å². The quantitative estimate of drug-likeness (QED) is 0.912. The topological polar surface area (TPSA) is 28.2 Å². The van der Waals surface area contributed by atoms with E-state index >= 15 is 0 Å². The number of pyridine rings is 1. The average molecular weight is 275 g/mol. The van der Waals surface area contributed by atoms with Gasteiger partial charge in [-0.2, -0.15) is 0 Å². The normalized spacial score (nSPS) is 17.5. The Balaban J connectivity index is 2.03. The number of hydrogen-bond donors (Lipinski definition) is 1. The zero-order valence-electron chi connectivity index (χ0n) is 13.4. The van der Waals surface area contributed by atoms with Crippen LogP contribution in [-0.2, 0) is 6.54 Å². The summed E-state index contributed by atoms with van der Waals surface area (Å²) in [5.41, 5.74) is 1.76. The zero-order chi connectivity index (χ0) is 14.6. The fourth-order valence-electron chi connectivity index (χ4n) is 3.07. The van der Waals surface area contributed by atoms with E-state index in [9.17, 15) is 0 Å². The van der Waals surface area contributed by atoms with Gasteiger partial charge in [0, 0.05) is 31.4 Å². The van der Waals surface area contributed by atoms with Crippen LogP contribution in [-0.4, -0.2) is 24.6 Å². The van der Waals surface area contributed by atoms with Crippen LogP contribution in [0.25, 0.3) is 0 Å². The molecule has 3 nitrogen and oxygen atoms in total. The molecule has 2 heterocycles. The molecular formula is C17H29N3. The van der Waals surface area contributed by atoms with E-state index in [-0.39, 0.29) is 0 Å². The lowest BCUT2D eigenvalue weighted by atomic mass is 9.75. The van der Waals surface area contributed by atoms with Crippen LogP contribution in [0.1, 0.15) is 46.1 Å². The largest absolute Gasteiger partial charge is 0.356 e. The second-order valence-electron chi connectivity index (χ2n) is 6.89. The van der Waals surface area contributed by atoms with Gasteiger partial charge in [-0.05, 0) is 36.8 Å². The number of nitrogens with one attached hydrogen (secondary N) is 1. The third kappa shape index (κ3) is 3.72. The van der Waals surface area contributed by atoms with Crippen LogP contribution in [0.5, 0.6) is 0 Å². The van der Waals surface area contributed by atoms with Crippen molar-refractivity contribution in [3.05, 3.63) is 23.9 Å². The maximum atomic E-state index is 4.63. The van der Waals surface area contributed by atoms with Gasteiger partial charge >= 0.3 is 0 Å². The van der Waals surface area contributed by atoms with Crippen LogP contribution in [0, 0.1) is 11.3 Å². The Labute approximate surface area is 123 Å². The van der Waals surface area contributed by atoms with Gasteiger partial charge in [0.15, 0.2) is 0 Å². The SMILES string of the molecule is CCNCc1cccnc1N1CCC(C(C)(C)C)CC1. The molecule has 112 valence electrons. The van der Waals surface area contributed by atoms with Crippen molar-refractivity contribution in [2.75, 3.05) is 24.5 Å². The Morgan fingerprint density at radius 3 is 2.60 bits per heavy atom. The molecule has 0 aliphatic carbocycles. The maximum Gasteiger partial charge on any atom is 0.133 e. The van der Waals surface area contributed by atoms with Crippen molar-refractivity contribution in [2.45, 2.75) is 47.1 Å². The predicted octanol–water partition coefficient (Wildman–Crippen LogP) is 3.45. The highest BCUT2D eigenvalue weighted by Crippen LogP contribution is 2.35. The van der Waals surface area contributed by atoms with Gasteiger partial charge in [0.1, 0.15) is 5.82 Å². The number of hydrogen-bond acceptors (Lipinski definition) is 3. The first-order chi connectivity index (χ1) is 9.52. The molecule has 3 heteroatoms. The van der Waals surface area contributed by atoms with Crippen molar-refractivity contribution in [3.63, 3.8) is 0 Å². The molecule has 20 heavy (non-hydrogen) atoms. The lowest BCUT2D eigenvalue weighted by molar-refractivity contribution is 0.198. The molecule has 0 saturated carbocycles. The molecule has 1 aliphatic heterocycles. The molecule has 0 amide bonds. The smallest absolute Gasteiger partial charge is 0.133 e. The Bertz CT molecular complexity index is 414. The third-order valence-corrected chi connectivity index (χ3v) is 4.45. The minimum Gasteiger partial charge on any atom is -0.356 e. The van der Waals surface area contributed by atoms with Crippen LogP contribution in [0.15, 0.2) is 18.3 Å². The Kier molecular flexibility index (Phi) is 5.03. The summed E-state index contributed by atoms with van der Waals surface area (Å²) in [7, 11) is 0. The highest BCUT2D eigenvalue weighted by molar-refractivity contribution is 5.47. The van der Waals surface area contributed by atoms with Crippen molar-refractivity contribution in [1.29, 1.82) is 0 Å². The van der Waals surface area contributed by atoms with Gasteiger partial charge in [-0.1, -0.05) is 33.8 Å². The Hall–Kier alpha value is -1.09. The van der Waals surface area contributed by atoms with Gasteiger partial charge in [-0.25, -0.2) is 4.98 Å². The van der Waals surface area contributed by atoms with Gasteiger partial charge in [0.05, 0.1) is 0 Å². The maximum absolute atomic E-state index is 4.63. The highest BCUT2D eigenvalue weighted by Gasteiger charge is 2.29. The molecule has 0 radical (unpaired) electrons. The first kappa shape index (κ1) is 15.3. The van der Waals surface area contributed by atoms with Crippen LogP contribution in [0.2, 0.25) is 0 Å². The standard InChI is InChI=1S/C17H29N3/c1-5-18-13-14-7-6-10-19-16(14)20-11-8-15(9-12-20)17(2,3)4/h6-7,10,15,18H,5,8-9,11-13H2,1-4H3. The Morgan fingerprint density at radius 2 is 2.00 bits per heavy atom. The van der Waals surface area contributed by atoms with E-state index in [2.05, 4.69) is 49.0 Å². The molecule has 1 aromatic rings. The van der Waals surface area contributed by atoms with E-state index in [1.165, 1.54) is 24.2 Å². The number of anilines is 1. The number of nitrogens with zero attached hydrogens (tertiary/aromatic N) is 2. The van der Waals surface area contributed by atoms with E-state index in [4.69, 9.17) is 0 Å². The third-order valence-electron chi connectivity index (χ3n) is 4.45. The van der Waals surface area contributed by atoms with Gasteiger partial charge < -0.3 is 10.2 Å². The predicted molar refractivity (Wildman–Crippen MR) is 86.0 cm³/mol. The molecule has 0 spiro atoms. The highest BCUT2D eigenvalue weighted by atomic mass is 15.2. The minimum absolute atomic E-state index is 0.433. The van der Waals surface area contributed by atoms with Gasteiger partial charge in [0.2, 0.25) is 0 Å². The summed E-state index contributed by atoms with van der Waals surface area (Å²) in [5.74, 6) is 2.01. The van der Waals surface area contributed by atoms with E-state index in [0.717, 1.165) is 32.1 Å². The summed E-state index contributed by atoms with van der Waals surface area (Å²) in [6, 6.07) is 4.24. The van der Waals surface area contributed by atoms with Crippen molar-refractivity contribution in [1.82, 2.24) is 10.3 Å². The fraction of sp³-hybridized carbons (Fsp3) is 0.706. The van der Waals surface area contributed by atoms with E-state index < -0.39 is 0 Å². The summed E-state index contributed by atoms with van der Waals surface area (Å²) < 4.78 is 0. The van der Waals surface area contributed by atoms with E-state index in [1.807, 2.05) is 12.3 Å². The van der Waals surface area contributed by atoms with Crippen LogP contribution in [0.4, 0.5) is 5.82 Å². The summed E-state index contributed by atoms with van der Waals surface area (Å²) in [4.78, 5) is 7.10. The molecule has 1 aliphatic rings. The molecule has 0 atom stereocenters. The fourth-order valence-corrected chi connectivity index (χ4v) is 3.07. The second-order valence-corrected chi connectivity index (χ2v) is 6.89. The van der Waals surface area contributed by atoms with Gasteiger partial charge in [0.25, 0.3) is 0 Å². The molecule has 1 aromatic heterocycles. The molecule has 0 aromatic carbocycles. The summed E-state index contributed by atoms with van der Waals surface area (Å²) >= 11 is 0. The Morgan fingerprint density at radius 1 is 1.30 bits per heavy atom. The summed E-state index contributed by atoms with van der Waals surface area (Å²) in [6.45, 7) is 13.4. The molecule has 2 rings (SSSR count). The van der Waals surface area contributed by atoms with Gasteiger partial charge in [-0.15, -0.1) is 0 Å². The van der Waals surface area contributed by atoms with E-state index in [1.54, 1.807) is 0 Å². The average Bonchev–Trinajstić information content (AvgIpc) is 2.45. The molecule has 0 bridgehead atoms. The van der Waals surface area contributed by atoms with Crippen LogP contribution >= 0.6 is 0 Å². The molecule has 1 N–H and O–H groups in total. The van der Waals surface area contributed by atoms with Crippen LogP contribution < -0.4 is 10.2 Å². The van der Waals surface area contributed by atoms with Crippen LogP contribution in [0.3, 0.4) is 0 Å². The van der Waals surface area contributed by atoms with E-state index in [0.29, 0.717) is 5.41 Å². The summed E-state index contributed by atoms with van der Waals surface area (Å²) in [6.07, 6.45) is 4.47. The van der Waals surface area contributed by atoms with Crippen molar-refractivity contribution in [3.8, 4) is 0 Å². The molecule has 1 fully saturated rings. The summed E-state index contributed by atoms with van der Waals surface area (Å²) in [5, 5.41) is 3.41. The van der Waals surface area contributed by atoms with Gasteiger partial charge in [-0.3, -0.25) is 0 Å². The zero-order valence-corrected chi connectivity index (χ0v) is 13.4. The number of piperidine rings is 1. The molecular weight excluding hydrogens is 246 g/mol. The lowest BCUT2D eigenvalue weighted by Gasteiger charge is -2.39. The van der Waals surface area contributed by atoms with Crippen molar-refractivity contribution >= 4 is 5.82 Å². The second kappa shape index (κ2) is 6.57.